The molecule has 0 bridgehead atoms. The highest BCUT2D eigenvalue weighted by molar-refractivity contribution is 8.00. The van der Waals surface area contributed by atoms with Gasteiger partial charge in [-0.05, 0) is 43.0 Å². The molecule has 0 aliphatic rings. The molecule has 0 fully saturated rings. The fraction of sp³-hybridized carbons (Fsp3) is 0.381. The standard InChI is InChI=1S/C21H26N4O2S/c1-13-17(11-12-27-13)18-23-24-20(25(18)6)28-14(2)19(26)22-16-9-7-15(8-10-16)21(3,4)5/h7-12,14H,1-6H3,(H,22,26). The third kappa shape index (κ3) is 4.30. The minimum absolute atomic E-state index is 0.0717. The fourth-order valence-corrected chi connectivity index (χ4v) is 3.59. The van der Waals surface area contributed by atoms with E-state index in [0.717, 1.165) is 22.8 Å². The number of hydrogen-bond donors (Lipinski definition) is 1. The second-order valence-electron chi connectivity index (χ2n) is 7.83. The molecule has 1 aromatic carbocycles. The van der Waals surface area contributed by atoms with E-state index in [1.807, 2.05) is 43.7 Å². The van der Waals surface area contributed by atoms with Gasteiger partial charge in [-0.15, -0.1) is 10.2 Å². The van der Waals surface area contributed by atoms with Crippen LogP contribution in [0.15, 0.2) is 46.2 Å². The van der Waals surface area contributed by atoms with Gasteiger partial charge in [-0.25, -0.2) is 0 Å². The molecule has 2 heterocycles. The van der Waals surface area contributed by atoms with Crippen LogP contribution in [-0.2, 0) is 17.3 Å². The molecule has 7 heteroatoms. The number of nitrogens with one attached hydrogen (secondary N) is 1. The molecular weight excluding hydrogens is 372 g/mol. The number of hydrogen-bond acceptors (Lipinski definition) is 5. The Labute approximate surface area is 169 Å². The molecule has 6 nitrogen and oxygen atoms in total. The van der Waals surface area contributed by atoms with Crippen molar-refractivity contribution < 1.29 is 9.21 Å². The molecular formula is C21H26N4O2S. The van der Waals surface area contributed by atoms with Crippen LogP contribution < -0.4 is 5.32 Å². The predicted molar refractivity (Wildman–Crippen MR) is 113 cm³/mol. The van der Waals surface area contributed by atoms with Crippen LogP contribution in [0.4, 0.5) is 5.69 Å². The van der Waals surface area contributed by atoms with Crippen LogP contribution in [0.3, 0.4) is 0 Å². The molecule has 0 aliphatic carbocycles. The van der Waals surface area contributed by atoms with E-state index in [1.54, 1.807) is 6.26 Å². The normalized spacial score (nSPS) is 12.8. The lowest BCUT2D eigenvalue weighted by molar-refractivity contribution is -0.115. The van der Waals surface area contributed by atoms with Crippen molar-refractivity contribution in [2.45, 2.75) is 50.4 Å². The highest BCUT2D eigenvalue weighted by Gasteiger charge is 2.21. The Balaban J connectivity index is 1.66. The number of carbonyl (C=O) groups is 1. The van der Waals surface area contributed by atoms with Crippen LogP contribution in [0.5, 0.6) is 0 Å². The summed E-state index contributed by atoms with van der Waals surface area (Å²) in [6, 6.07) is 9.85. The second-order valence-corrected chi connectivity index (χ2v) is 9.14. The van der Waals surface area contributed by atoms with E-state index in [1.165, 1.54) is 17.3 Å². The van der Waals surface area contributed by atoms with Gasteiger partial charge >= 0.3 is 0 Å². The fourth-order valence-electron chi connectivity index (χ4n) is 2.78. The Morgan fingerprint density at radius 3 is 2.43 bits per heavy atom. The summed E-state index contributed by atoms with van der Waals surface area (Å²) in [6.45, 7) is 10.2. The molecule has 1 N–H and O–H groups in total. The van der Waals surface area contributed by atoms with Crippen molar-refractivity contribution in [3.05, 3.63) is 47.9 Å². The quantitative estimate of drug-likeness (QED) is 0.625. The molecule has 1 atom stereocenters. The van der Waals surface area contributed by atoms with Crippen LogP contribution in [0.1, 0.15) is 39.0 Å². The number of aryl methyl sites for hydroxylation is 1. The number of nitrogens with zero attached hydrogens (tertiary/aromatic N) is 3. The number of carbonyl (C=O) groups excluding carboxylic acids is 1. The van der Waals surface area contributed by atoms with Gasteiger partial charge in [0.05, 0.1) is 17.1 Å². The van der Waals surface area contributed by atoms with Gasteiger partial charge in [0.15, 0.2) is 11.0 Å². The van der Waals surface area contributed by atoms with Gasteiger partial charge < -0.3 is 14.3 Å². The third-order valence-electron chi connectivity index (χ3n) is 4.60. The van der Waals surface area contributed by atoms with E-state index < -0.39 is 0 Å². The van der Waals surface area contributed by atoms with Crippen molar-refractivity contribution in [1.82, 2.24) is 14.8 Å². The average Bonchev–Trinajstić information content (AvgIpc) is 3.20. The van der Waals surface area contributed by atoms with Gasteiger partial charge in [-0.3, -0.25) is 4.79 Å². The monoisotopic (exact) mass is 398 g/mol. The van der Waals surface area contributed by atoms with Crippen molar-refractivity contribution in [2.75, 3.05) is 5.32 Å². The van der Waals surface area contributed by atoms with Crippen molar-refractivity contribution in [3.63, 3.8) is 0 Å². The molecule has 0 aliphatic heterocycles. The molecule has 1 amide bonds. The maximum Gasteiger partial charge on any atom is 0.237 e. The summed E-state index contributed by atoms with van der Waals surface area (Å²) in [5.41, 5.74) is 3.01. The van der Waals surface area contributed by atoms with Crippen LogP contribution in [0, 0.1) is 6.92 Å². The Morgan fingerprint density at radius 2 is 1.86 bits per heavy atom. The summed E-state index contributed by atoms with van der Waals surface area (Å²) in [5.74, 6) is 1.44. The Hall–Kier alpha value is -2.54. The molecule has 0 radical (unpaired) electrons. The molecule has 0 saturated carbocycles. The minimum Gasteiger partial charge on any atom is -0.469 e. The molecule has 0 saturated heterocycles. The Kier molecular flexibility index (Phi) is 5.65. The second kappa shape index (κ2) is 7.83. The summed E-state index contributed by atoms with van der Waals surface area (Å²) < 4.78 is 7.23. The highest BCUT2D eigenvalue weighted by Crippen LogP contribution is 2.28. The molecule has 0 spiro atoms. The van der Waals surface area contributed by atoms with Crippen LogP contribution >= 0.6 is 11.8 Å². The number of anilines is 1. The van der Waals surface area contributed by atoms with E-state index in [9.17, 15) is 4.79 Å². The zero-order valence-electron chi connectivity index (χ0n) is 17.1. The van der Waals surface area contributed by atoms with Crippen molar-refractivity contribution in [2.24, 2.45) is 7.05 Å². The largest absolute Gasteiger partial charge is 0.469 e. The molecule has 3 aromatic rings. The predicted octanol–water partition coefficient (Wildman–Crippen LogP) is 4.80. The van der Waals surface area contributed by atoms with Crippen molar-refractivity contribution >= 4 is 23.4 Å². The summed E-state index contributed by atoms with van der Waals surface area (Å²) in [6.07, 6.45) is 1.63. The SMILES string of the molecule is Cc1occc1-c1nnc(SC(C)C(=O)Nc2ccc(C(C)(C)C)cc2)n1C. The number of thioether (sulfide) groups is 1. The molecule has 28 heavy (non-hydrogen) atoms. The van der Waals surface area contributed by atoms with E-state index in [4.69, 9.17) is 4.42 Å². The summed E-state index contributed by atoms with van der Waals surface area (Å²) >= 11 is 1.38. The Morgan fingerprint density at radius 1 is 1.18 bits per heavy atom. The van der Waals surface area contributed by atoms with E-state index in [2.05, 4.69) is 48.4 Å². The van der Waals surface area contributed by atoms with Crippen molar-refractivity contribution in [3.8, 4) is 11.4 Å². The van der Waals surface area contributed by atoms with Gasteiger partial charge in [0.1, 0.15) is 5.76 Å². The van der Waals surface area contributed by atoms with Gasteiger partial charge in [0.2, 0.25) is 5.91 Å². The van der Waals surface area contributed by atoms with Gasteiger partial charge in [-0.1, -0.05) is 44.7 Å². The van der Waals surface area contributed by atoms with Gasteiger partial charge in [0.25, 0.3) is 0 Å². The first-order valence-electron chi connectivity index (χ1n) is 9.18. The third-order valence-corrected chi connectivity index (χ3v) is 5.74. The van der Waals surface area contributed by atoms with Crippen LogP contribution in [-0.4, -0.2) is 25.9 Å². The first-order valence-corrected chi connectivity index (χ1v) is 10.1. The van der Waals surface area contributed by atoms with Crippen LogP contribution in [0.2, 0.25) is 0 Å². The number of aromatic nitrogens is 3. The topological polar surface area (TPSA) is 72.9 Å². The summed E-state index contributed by atoms with van der Waals surface area (Å²) in [4.78, 5) is 12.6. The summed E-state index contributed by atoms with van der Waals surface area (Å²) in [7, 11) is 1.89. The summed E-state index contributed by atoms with van der Waals surface area (Å²) in [5, 5.41) is 11.8. The molecule has 2 aromatic heterocycles. The lowest BCUT2D eigenvalue weighted by Crippen LogP contribution is -2.23. The smallest absolute Gasteiger partial charge is 0.237 e. The van der Waals surface area contributed by atoms with Gasteiger partial charge in [-0.2, -0.15) is 0 Å². The van der Waals surface area contributed by atoms with E-state index in [-0.39, 0.29) is 16.6 Å². The van der Waals surface area contributed by atoms with Gasteiger partial charge in [0, 0.05) is 12.7 Å². The lowest BCUT2D eigenvalue weighted by atomic mass is 9.87. The number of rotatable bonds is 5. The molecule has 3 rings (SSSR count). The van der Waals surface area contributed by atoms with E-state index in [0.29, 0.717) is 5.16 Å². The maximum absolute atomic E-state index is 12.6. The number of amides is 1. The average molecular weight is 399 g/mol. The first kappa shape index (κ1) is 20.2. The first-order chi connectivity index (χ1) is 13.2. The number of benzene rings is 1. The zero-order valence-corrected chi connectivity index (χ0v) is 17.9. The van der Waals surface area contributed by atoms with Crippen LogP contribution in [0.25, 0.3) is 11.4 Å². The number of furan rings is 1. The maximum atomic E-state index is 12.6. The molecule has 1 unspecified atom stereocenters. The zero-order chi connectivity index (χ0) is 20.5. The minimum atomic E-state index is -0.316. The van der Waals surface area contributed by atoms with Crippen molar-refractivity contribution in [1.29, 1.82) is 0 Å². The van der Waals surface area contributed by atoms with E-state index >= 15 is 0 Å². The Bertz CT molecular complexity index is 967. The lowest BCUT2D eigenvalue weighted by Gasteiger charge is -2.19. The molecule has 148 valence electrons. The highest BCUT2D eigenvalue weighted by atomic mass is 32.2.